The van der Waals surface area contributed by atoms with Gasteiger partial charge in [0.2, 0.25) is 23.6 Å². The summed E-state index contributed by atoms with van der Waals surface area (Å²) in [6, 6.07) is 15.6. The first-order valence-corrected chi connectivity index (χ1v) is 16.5. The first kappa shape index (κ1) is 31.3. The van der Waals surface area contributed by atoms with Gasteiger partial charge in [0, 0.05) is 22.5 Å². The maximum absolute atomic E-state index is 14.6. The van der Waals surface area contributed by atoms with E-state index in [1.165, 1.54) is 36.3 Å². The Morgan fingerprint density at radius 3 is 2.21 bits per heavy atom. The number of fused-ring (bicyclic) bond motifs is 4. The summed E-state index contributed by atoms with van der Waals surface area (Å²) in [4.78, 5) is 70.0. The average molecular weight is 765 g/mol. The predicted molar refractivity (Wildman–Crippen MR) is 177 cm³/mol. The number of nitro groups is 1. The van der Waals surface area contributed by atoms with E-state index in [9.17, 15) is 34.4 Å². The summed E-state index contributed by atoms with van der Waals surface area (Å²) in [6.07, 6.45) is 2.31. The molecule has 7 rings (SSSR count). The first-order chi connectivity index (χ1) is 22.4. The lowest BCUT2D eigenvalue weighted by Crippen LogP contribution is -2.49. The molecule has 47 heavy (non-hydrogen) atoms. The van der Waals surface area contributed by atoms with Crippen LogP contribution in [-0.2, 0) is 19.2 Å². The summed E-state index contributed by atoms with van der Waals surface area (Å²) in [5.74, 6) is -5.33. The third-order valence-corrected chi connectivity index (χ3v) is 12.5. The van der Waals surface area contributed by atoms with E-state index in [-0.39, 0.29) is 47.5 Å². The molecule has 2 saturated heterocycles. The Morgan fingerprint density at radius 1 is 0.915 bits per heavy atom. The fourth-order valence-electron chi connectivity index (χ4n) is 8.14. The van der Waals surface area contributed by atoms with Gasteiger partial charge in [0.15, 0.2) is 11.5 Å². The molecule has 3 aromatic carbocycles. The van der Waals surface area contributed by atoms with Crippen LogP contribution in [0.5, 0.6) is 11.5 Å². The van der Waals surface area contributed by atoms with E-state index in [2.05, 4.69) is 31.9 Å². The topological polar surface area (TPSA) is 147 Å². The van der Waals surface area contributed by atoms with E-state index in [1.54, 1.807) is 43.3 Å². The van der Waals surface area contributed by atoms with Crippen molar-refractivity contribution in [1.29, 1.82) is 0 Å². The Kier molecular flexibility index (Phi) is 7.39. The standard InChI is InChI=1S/C34H27Br2N3O8/c1-34-23(31(42)38(33(34)44)16-6-4-3-5-7-16)14-21-19(26(34)22-15-24(47-2)29(40)28(36)27(22)35)12-13-20-25(21)32(43)37(30(20)41)17-8-10-18(11-9-17)39(45)46/h3-12,15,20-21,23,25-26,40H,13-14H2,1-2H3. The summed E-state index contributed by atoms with van der Waals surface area (Å²) in [5.41, 5.74) is 0.539. The van der Waals surface area contributed by atoms with Crippen molar-refractivity contribution in [2.45, 2.75) is 25.7 Å². The molecule has 13 heteroatoms. The van der Waals surface area contributed by atoms with Crippen LogP contribution in [0.2, 0.25) is 0 Å². The summed E-state index contributed by atoms with van der Waals surface area (Å²) < 4.78 is 6.25. The summed E-state index contributed by atoms with van der Waals surface area (Å²) in [5, 5.41) is 22.0. The molecular weight excluding hydrogens is 738 g/mol. The molecule has 0 bridgehead atoms. The maximum Gasteiger partial charge on any atom is 0.269 e. The molecule has 0 spiro atoms. The monoisotopic (exact) mass is 763 g/mol. The number of ether oxygens (including phenoxy) is 1. The molecule has 11 nitrogen and oxygen atoms in total. The molecule has 2 aliphatic heterocycles. The van der Waals surface area contributed by atoms with Crippen LogP contribution in [0.1, 0.15) is 31.2 Å². The molecule has 0 aromatic heterocycles. The minimum Gasteiger partial charge on any atom is -0.503 e. The Labute approximate surface area is 285 Å². The highest BCUT2D eigenvalue weighted by atomic mass is 79.9. The smallest absolute Gasteiger partial charge is 0.269 e. The average Bonchev–Trinajstić information content (AvgIpc) is 3.44. The third kappa shape index (κ3) is 4.35. The molecule has 6 atom stereocenters. The second-order valence-electron chi connectivity index (χ2n) is 12.4. The Hall–Kier alpha value is -4.36. The predicted octanol–water partition coefficient (Wildman–Crippen LogP) is 6.27. The van der Waals surface area contributed by atoms with Crippen molar-refractivity contribution < 1.29 is 33.9 Å². The highest BCUT2D eigenvalue weighted by Crippen LogP contribution is 2.65. The number of anilines is 2. The Bertz CT molecular complexity index is 1930. The van der Waals surface area contributed by atoms with Crippen molar-refractivity contribution >= 4 is 72.6 Å². The molecule has 2 heterocycles. The zero-order chi connectivity index (χ0) is 33.5. The number of nitro benzene ring substituents is 1. The van der Waals surface area contributed by atoms with Crippen LogP contribution >= 0.6 is 31.9 Å². The van der Waals surface area contributed by atoms with Gasteiger partial charge in [-0.3, -0.25) is 34.2 Å². The lowest BCUT2D eigenvalue weighted by atomic mass is 9.51. The number of nitrogens with zero attached hydrogens (tertiary/aromatic N) is 3. The molecule has 4 aliphatic rings. The van der Waals surface area contributed by atoms with Crippen molar-refractivity contribution in [3.63, 3.8) is 0 Å². The summed E-state index contributed by atoms with van der Waals surface area (Å²) in [6.45, 7) is 1.78. The lowest BCUT2D eigenvalue weighted by Gasteiger charge is -2.49. The summed E-state index contributed by atoms with van der Waals surface area (Å²) >= 11 is 7.07. The minimum atomic E-state index is -1.30. The van der Waals surface area contributed by atoms with Gasteiger partial charge in [0.25, 0.3) is 5.69 Å². The van der Waals surface area contributed by atoms with Crippen LogP contribution in [0.15, 0.2) is 81.3 Å². The number of allylic oxidation sites excluding steroid dienone is 2. The Morgan fingerprint density at radius 2 is 1.57 bits per heavy atom. The van der Waals surface area contributed by atoms with Gasteiger partial charge in [-0.2, -0.15) is 0 Å². The molecule has 2 aliphatic carbocycles. The number of aromatic hydroxyl groups is 1. The number of hydrogen-bond acceptors (Lipinski definition) is 8. The van der Waals surface area contributed by atoms with E-state index >= 15 is 0 Å². The number of benzene rings is 3. The summed E-state index contributed by atoms with van der Waals surface area (Å²) in [7, 11) is 1.41. The van der Waals surface area contributed by atoms with Crippen LogP contribution < -0.4 is 14.5 Å². The van der Waals surface area contributed by atoms with E-state index in [0.29, 0.717) is 20.2 Å². The van der Waals surface area contributed by atoms with Gasteiger partial charge in [-0.25, -0.2) is 4.90 Å². The molecule has 0 radical (unpaired) electrons. The van der Waals surface area contributed by atoms with Crippen LogP contribution in [0.25, 0.3) is 0 Å². The largest absolute Gasteiger partial charge is 0.503 e. The molecule has 1 N–H and O–H groups in total. The molecule has 3 aromatic rings. The zero-order valence-electron chi connectivity index (χ0n) is 25.1. The maximum atomic E-state index is 14.6. The number of hydrogen-bond donors (Lipinski definition) is 1. The first-order valence-electron chi connectivity index (χ1n) is 14.9. The quantitative estimate of drug-likeness (QED) is 0.139. The van der Waals surface area contributed by atoms with Gasteiger partial charge in [-0.15, -0.1) is 0 Å². The SMILES string of the molecule is COc1cc(C2C3=CCC4C(=O)N(c5ccc([N+](=O)[O-])cc5)C(=O)C4C3CC3C(=O)N(c4ccccc4)C(=O)C32C)c(Br)c(Br)c1O. The fraction of sp³-hybridized carbons (Fsp3) is 0.294. The molecule has 4 amide bonds. The van der Waals surface area contributed by atoms with E-state index < -0.39 is 51.7 Å². The molecule has 6 unspecified atom stereocenters. The normalized spacial score (nSPS) is 28.2. The number of carbonyl (C=O) groups is 4. The number of phenols is 1. The Balaban J connectivity index is 1.39. The van der Waals surface area contributed by atoms with Crippen molar-refractivity contribution in [2.75, 3.05) is 16.9 Å². The molecule has 240 valence electrons. The van der Waals surface area contributed by atoms with Gasteiger partial charge in [0.1, 0.15) is 0 Å². The van der Waals surface area contributed by atoms with E-state index in [4.69, 9.17) is 4.74 Å². The second kappa shape index (κ2) is 11.1. The number of imide groups is 2. The number of carbonyl (C=O) groups excluding carboxylic acids is 4. The van der Waals surface area contributed by atoms with Gasteiger partial charge in [-0.05, 0) is 93.4 Å². The molecule has 1 saturated carbocycles. The van der Waals surface area contributed by atoms with E-state index in [0.717, 1.165) is 10.5 Å². The van der Waals surface area contributed by atoms with Crippen LogP contribution in [0.4, 0.5) is 17.1 Å². The lowest BCUT2D eigenvalue weighted by molar-refractivity contribution is -0.384. The van der Waals surface area contributed by atoms with Crippen LogP contribution in [-0.4, -0.2) is 40.8 Å². The number of non-ortho nitro benzene ring substituents is 1. The van der Waals surface area contributed by atoms with Crippen LogP contribution in [0, 0.1) is 39.2 Å². The van der Waals surface area contributed by atoms with Crippen LogP contribution in [0.3, 0.4) is 0 Å². The van der Waals surface area contributed by atoms with Gasteiger partial charge in [0.05, 0.1) is 51.0 Å². The highest BCUT2D eigenvalue weighted by Gasteiger charge is 2.68. The number of phenolic OH excluding ortho intramolecular Hbond substituents is 1. The number of halogens is 2. The number of amides is 4. The number of para-hydroxylation sites is 1. The van der Waals surface area contributed by atoms with E-state index in [1.807, 2.05) is 6.08 Å². The number of rotatable bonds is 5. The van der Waals surface area contributed by atoms with Crippen molar-refractivity contribution in [2.24, 2.45) is 29.1 Å². The van der Waals surface area contributed by atoms with Crippen molar-refractivity contribution in [3.05, 3.63) is 96.9 Å². The second-order valence-corrected chi connectivity index (χ2v) is 14.0. The van der Waals surface area contributed by atoms with Gasteiger partial charge in [-0.1, -0.05) is 29.8 Å². The van der Waals surface area contributed by atoms with Crippen molar-refractivity contribution in [1.82, 2.24) is 0 Å². The van der Waals surface area contributed by atoms with Gasteiger partial charge < -0.3 is 9.84 Å². The zero-order valence-corrected chi connectivity index (χ0v) is 28.2. The minimum absolute atomic E-state index is 0.148. The third-order valence-electron chi connectivity index (χ3n) is 10.3. The van der Waals surface area contributed by atoms with Gasteiger partial charge >= 0.3 is 0 Å². The fourth-order valence-corrected chi connectivity index (χ4v) is 9.09. The molecular formula is C34H27Br2N3O8. The van der Waals surface area contributed by atoms with Crippen molar-refractivity contribution in [3.8, 4) is 11.5 Å². The molecule has 3 fully saturated rings. The number of methoxy groups -OCH3 is 1. The highest BCUT2D eigenvalue weighted by molar-refractivity contribution is 9.13.